The lowest BCUT2D eigenvalue weighted by Crippen LogP contribution is -2.40. The van der Waals surface area contributed by atoms with Gasteiger partial charge in [-0.25, -0.2) is 4.39 Å². The maximum atomic E-state index is 13.5. The monoisotopic (exact) mass is 268 g/mol. The van der Waals surface area contributed by atoms with Crippen molar-refractivity contribution in [3.05, 3.63) is 29.6 Å². The summed E-state index contributed by atoms with van der Waals surface area (Å²) in [5, 5.41) is 0. The van der Waals surface area contributed by atoms with Gasteiger partial charge in [0, 0.05) is 31.3 Å². The van der Waals surface area contributed by atoms with E-state index in [-0.39, 0.29) is 12.5 Å². The van der Waals surface area contributed by atoms with E-state index in [9.17, 15) is 9.18 Å². The first-order chi connectivity index (χ1) is 9.03. The molecule has 0 aliphatic rings. The predicted octanol–water partition coefficient (Wildman–Crippen LogP) is 1.92. The number of rotatable bonds is 6. The maximum absolute atomic E-state index is 13.5. The van der Waals surface area contributed by atoms with Crippen LogP contribution in [0.25, 0.3) is 0 Å². The molecule has 0 heterocycles. The molecule has 0 fully saturated rings. The van der Waals surface area contributed by atoms with Gasteiger partial charge >= 0.3 is 0 Å². The Bertz CT molecular complexity index is 433. The largest absolute Gasteiger partial charge is 0.481 e. The molecule has 5 heteroatoms. The fourth-order valence-corrected chi connectivity index (χ4v) is 1.81. The molecule has 19 heavy (non-hydrogen) atoms. The Kier molecular flexibility index (Phi) is 5.76. The van der Waals surface area contributed by atoms with Crippen LogP contribution in [0, 0.1) is 5.82 Å². The first-order valence-electron chi connectivity index (χ1n) is 6.47. The molecule has 1 rings (SSSR count). The number of hydrogen-bond donors (Lipinski definition) is 1. The maximum Gasteiger partial charge on any atom is 0.263 e. The molecule has 0 saturated carbocycles. The Morgan fingerprint density at radius 2 is 2.05 bits per heavy atom. The lowest BCUT2D eigenvalue weighted by atomic mass is 10.2. The summed E-state index contributed by atoms with van der Waals surface area (Å²) in [7, 11) is 0. The Hall–Kier alpha value is -1.62. The molecule has 1 atom stereocenters. The molecule has 0 aliphatic heterocycles. The summed E-state index contributed by atoms with van der Waals surface area (Å²) in [6.07, 6.45) is -0.636. The summed E-state index contributed by atoms with van der Waals surface area (Å²) in [6, 6.07) is 4.45. The van der Waals surface area contributed by atoms with Crippen molar-refractivity contribution in [1.82, 2.24) is 4.90 Å². The van der Waals surface area contributed by atoms with Gasteiger partial charge in [-0.3, -0.25) is 4.79 Å². The minimum atomic E-state index is -0.636. The molecule has 4 nitrogen and oxygen atoms in total. The molecule has 0 aromatic heterocycles. The van der Waals surface area contributed by atoms with Gasteiger partial charge in [0.1, 0.15) is 11.6 Å². The van der Waals surface area contributed by atoms with E-state index in [1.807, 2.05) is 13.8 Å². The van der Waals surface area contributed by atoms with Crippen LogP contribution >= 0.6 is 0 Å². The highest BCUT2D eigenvalue weighted by Gasteiger charge is 2.20. The van der Waals surface area contributed by atoms with Crippen LogP contribution in [0.4, 0.5) is 4.39 Å². The van der Waals surface area contributed by atoms with Crippen LogP contribution in [0.15, 0.2) is 18.2 Å². The minimum absolute atomic E-state index is 0.103. The molecule has 1 unspecified atom stereocenters. The number of amides is 1. The molecule has 1 aromatic rings. The van der Waals surface area contributed by atoms with E-state index in [2.05, 4.69) is 0 Å². The van der Waals surface area contributed by atoms with Crippen molar-refractivity contribution in [2.45, 2.75) is 33.4 Å². The Labute approximate surface area is 113 Å². The Balaban J connectivity index is 2.74. The summed E-state index contributed by atoms with van der Waals surface area (Å²) in [6.45, 7) is 6.87. The van der Waals surface area contributed by atoms with E-state index in [1.165, 1.54) is 6.07 Å². The highest BCUT2D eigenvalue weighted by Crippen LogP contribution is 2.18. The fourth-order valence-electron chi connectivity index (χ4n) is 1.81. The third-order valence-electron chi connectivity index (χ3n) is 2.98. The molecule has 0 bridgehead atoms. The molecule has 2 N–H and O–H groups in total. The number of ether oxygens (including phenoxy) is 1. The van der Waals surface area contributed by atoms with Crippen molar-refractivity contribution >= 4 is 5.91 Å². The third kappa shape index (κ3) is 3.92. The van der Waals surface area contributed by atoms with Gasteiger partial charge in [-0.2, -0.15) is 0 Å². The van der Waals surface area contributed by atoms with Crippen LogP contribution in [0.5, 0.6) is 5.75 Å². The van der Waals surface area contributed by atoms with Gasteiger partial charge in [-0.15, -0.1) is 0 Å². The number of nitrogens with two attached hydrogens (primary N) is 1. The van der Waals surface area contributed by atoms with Crippen LogP contribution in [0.3, 0.4) is 0 Å². The van der Waals surface area contributed by atoms with E-state index in [1.54, 1.807) is 24.0 Å². The Morgan fingerprint density at radius 3 is 2.53 bits per heavy atom. The third-order valence-corrected chi connectivity index (χ3v) is 2.98. The molecule has 1 amide bonds. The van der Waals surface area contributed by atoms with E-state index < -0.39 is 11.9 Å². The second kappa shape index (κ2) is 7.09. The SMILES string of the molecule is CCN(CC)C(=O)C(C)Oc1ccc(CN)c(F)c1. The number of carbonyl (C=O) groups is 1. The molecular weight excluding hydrogens is 247 g/mol. The lowest BCUT2D eigenvalue weighted by molar-refractivity contribution is -0.137. The zero-order valence-corrected chi connectivity index (χ0v) is 11.6. The first-order valence-corrected chi connectivity index (χ1v) is 6.47. The molecular formula is C14H21FN2O2. The number of hydrogen-bond acceptors (Lipinski definition) is 3. The van der Waals surface area contributed by atoms with Crippen molar-refractivity contribution in [2.75, 3.05) is 13.1 Å². The van der Waals surface area contributed by atoms with Crippen LogP contribution in [-0.4, -0.2) is 30.0 Å². The van der Waals surface area contributed by atoms with Crippen molar-refractivity contribution in [3.63, 3.8) is 0 Å². The Morgan fingerprint density at radius 1 is 1.42 bits per heavy atom. The average molecular weight is 268 g/mol. The minimum Gasteiger partial charge on any atom is -0.481 e. The summed E-state index contributed by atoms with van der Waals surface area (Å²) < 4.78 is 19.0. The summed E-state index contributed by atoms with van der Waals surface area (Å²) >= 11 is 0. The van der Waals surface area contributed by atoms with Crippen LogP contribution in [0.2, 0.25) is 0 Å². The van der Waals surface area contributed by atoms with Gasteiger partial charge in [0.05, 0.1) is 0 Å². The van der Waals surface area contributed by atoms with Crippen molar-refractivity contribution in [3.8, 4) is 5.75 Å². The van der Waals surface area contributed by atoms with E-state index in [0.29, 0.717) is 24.4 Å². The van der Waals surface area contributed by atoms with Gasteiger partial charge in [0.15, 0.2) is 6.10 Å². The van der Waals surface area contributed by atoms with Gasteiger partial charge in [-0.1, -0.05) is 6.07 Å². The zero-order valence-electron chi connectivity index (χ0n) is 11.6. The number of halogens is 1. The molecule has 0 spiro atoms. The smallest absolute Gasteiger partial charge is 0.263 e. The summed E-state index contributed by atoms with van der Waals surface area (Å²) in [5.74, 6) is -0.182. The molecule has 0 saturated heterocycles. The van der Waals surface area contributed by atoms with Gasteiger partial charge in [0.25, 0.3) is 5.91 Å². The highest BCUT2D eigenvalue weighted by atomic mass is 19.1. The number of carbonyl (C=O) groups excluding carboxylic acids is 1. The number of likely N-dealkylation sites (N-methyl/N-ethyl adjacent to an activating group) is 1. The van der Waals surface area contributed by atoms with Gasteiger partial charge in [0.2, 0.25) is 0 Å². The van der Waals surface area contributed by atoms with Gasteiger partial charge in [-0.05, 0) is 26.8 Å². The fraction of sp³-hybridized carbons (Fsp3) is 0.500. The quantitative estimate of drug-likeness (QED) is 0.857. The van der Waals surface area contributed by atoms with E-state index in [4.69, 9.17) is 10.5 Å². The average Bonchev–Trinajstić information content (AvgIpc) is 2.40. The zero-order chi connectivity index (χ0) is 14.4. The molecule has 1 aromatic carbocycles. The lowest BCUT2D eigenvalue weighted by Gasteiger charge is -2.23. The van der Waals surface area contributed by atoms with Crippen molar-refractivity contribution < 1.29 is 13.9 Å². The van der Waals surface area contributed by atoms with Gasteiger partial charge < -0.3 is 15.4 Å². The standard InChI is InChI=1S/C14H21FN2O2/c1-4-17(5-2)14(18)10(3)19-12-7-6-11(9-16)13(15)8-12/h6-8,10H,4-5,9,16H2,1-3H3. The van der Waals surface area contributed by atoms with Crippen LogP contribution < -0.4 is 10.5 Å². The number of benzene rings is 1. The summed E-state index contributed by atoms with van der Waals surface area (Å²) in [4.78, 5) is 13.7. The first kappa shape index (κ1) is 15.4. The number of nitrogens with zero attached hydrogens (tertiary/aromatic N) is 1. The van der Waals surface area contributed by atoms with Crippen LogP contribution in [0.1, 0.15) is 26.3 Å². The normalized spacial score (nSPS) is 12.1. The van der Waals surface area contributed by atoms with E-state index >= 15 is 0 Å². The second-order valence-electron chi connectivity index (χ2n) is 4.23. The van der Waals surface area contributed by atoms with Crippen molar-refractivity contribution in [1.29, 1.82) is 0 Å². The topological polar surface area (TPSA) is 55.6 Å². The van der Waals surface area contributed by atoms with Crippen molar-refractivity contribution in [2.24, 2.45) is 5.73 Å². The highest BCUT2D eigenvalue weighted by molar-refractivity contribution is 5.80. The summed E-state index contributed by atoms with van der Waals surface area (Å²) in [5.41, 5.74) is 5.81. The van der Waals surface area contributed by atoms with E-state index in [0.717, 1.165) is 0 Å². The molecule has 106 valence electrons. The predicted molar refractivity (Wildman–Crippen MR) is 72.3 cm³/mol. The molecule has 0 aliphatic carbocycles. The van der Waals surface area contributed by atoms with Crippen LogP contribution in [-0.2, 0) is 11.3 Å². The second-order valence-corrected chi connectivity index (χ2v) is 4.23. The molecule has 0 radical (unpaired) electrons.